The van der Waals surface area contributed by atoms with Crippen LogP contribution in [0.1, 0.15) is 37.3 Å². The summed E-state index contributed by atoms with van der Waals surface area (Å²) in [7, 11) is 0. The first kappa shape index (κ1) is 15.3. The van der Waals surface area contributed by atoms with Crippen molar-refractivity contribution >= 4 is 22.8 Å². The van der Waals surface area contributed by atoms with E-state index in [9.17, 15) is 10.1 Å². The molecule has 25 heavy (non-hydrogen) atoms. The SMILES string of the molecule is N#Cc1cc2cnc(Nc3ccccn3)nc2n(C2CCCC2)c1=O. The van der Waals surface area contributed by atoms with Gasteiger partial charge in [-0.15, -0.1) is 0 Å². The molecule has 124 valence electrons. The lowest BCUT2D eigenvalue weighted by molar-refractivity contribution is 0.515. The van der Waals surface area contributed by atoms with Gasteiger partial charge in [0, 0.05) is 23.8 Å². The highest BCUT2D eigenvalue weighted by Gasteiger charge is 2.22. The van der Waals surface area contributed by atoms with Gasteiger partial charge in [-0.2, -0.15) is 10.2 Å². The second-order valence-electron chi connectivity index (χ2n) is 6.10. The van der Waals surface area contributed by atoms with Crippen LogP contribution < -0.4 is 10.9 Å². The summed E-state index contributed by atoms with van der Waals surface area (Å²) in [4.78, 5) is 25.7. The molecule has 1 N–H and O–H groups in total. The Labute approximate surface area is 144 Å². The largest absolute Gasteiger partial charge is 0.309 e. The van der Waals surface area contributed by atoms with Gasteiger partial charge in [0.1, 0.15) is 23.1 Å². The van der Waals surface area contributed by atoms with Crippen LogP contribution in [-0.4, -0.2) is 19.5 Å². The maximum absolute atomic E-state index is 12.7. The molecule has 0 aliphatic heterocycles. The molecule has 0 amide bonds. The first-order valence-corrected chi connectivity index (χ1v) is 8.27. The molecule has 1 saturated carbocycles. The lowest BCUT2D eigenvalue weighted by atomic mass is 10.2. The zero-order valence-electron chi connectivity index (χ0n) is 13.5. The lowest BCUT2D eigenvalue weighted by Gasteiger charge is -2.17. The van der Waals surface area contributed by atoms with Crippen molar-refractivity contribution in [1.82, 2.24) is 19.5 Å². The Kier molecular flexibility index (Phi) is 3.86. The number of rotatable bonds is 3. The Balaban J connectivity index is 1.86. The van der Waals surface area contributed by atoms with Crippen LogP contribution in [0.25, 0.3) is 11.0 Å². The van der Waals surface area contributed by atoms with E-state index >= 15 is 0 Å². The molecule has 0 bridgehead atoms. The molecule has 0 unspecified atom stereocenters. The van der Waals surface area contributed by atoms with Crippen LogP contribution in [0.4, 0.5) is 11.8 Å². The summed E-state index contributed by atoms with van der Waals surface area (Å²) < 4.78 is 1.67. The second-order valence-corrected chi connectivity index (χ2v) is 6.10. The second kappa shape index (κ2) is 6.32. The molecule has 0 aromatic carbocycles. The van der Waals surface area contributed by atoms with Gasteiger partial charge in [-0.3, -0.25) is 9.36 Å². The summed E-state index contributed by atoms with van der Waals surface area (Å²) in [6, 6.07) is 9.15. The molecule has 1 aliphatic rings. The summed E-state index contributed by atoms with van der Waals surface area (Å²) in [6.45, 7) is 0. The van der Waals surface area contributed by atoms with Crippen molar-refractivity contribution < 1.29 is 0 Å². The number of nitriles is 1. The molecule has 3 aromatic rings. The fourth-order valence-corrected chi connectivity index (χ4v) is 3.31. The number of anilines is 2. The van der Waals surface area contributed by atoms with Crippen LogP contribution in [0, 0.1) is 11.3 Å². The molecular formula is C18H16N6O. The minimum absolute atomic E-state index is 0.0842. The molecule has 0 spiro atoms. The van der Waals surface area contributed by atoms with Crippen LogP contribution in [0.15, 0.2) is 41.5 Å². The molecule has 0 atom stereocenters. The van der Waals surface area contributed by atoms with E-state index in [0.717, 1.165) is 25.7 Å². The Morgan fingerprint density at radius 1 is 1.24 bits per heavy atom. The third-order valence-electron chi connectivity index (χ3n) is 4.49. The van der Waals surface area contributed by atoms with Crippen LogP contribution >= 0.6 is 0 Å². The molecule has 3 heterocycles. The minimum atomic E-state index is -0.274. The number of fused-ring (bicyclic) bond motifs is 1. The van der Waals surface area contributed by atoms with E-state index < -0.39 is 0 Å². The predicted octanol–water partition coefficient (Wildman–Crippen LogP) is 2.92. The van der Waals surface area contributed by atoms with E-state index in [1.165, 1.54) is 0 Å². The van der Waals surface area contributed by atoms with Gasteiger partial charge in [0.2, 0.25) is 5.95 Å². The van der Waals surface area contributed by atoms with Gasteiger partial charge in [0.25, 0.3) is 5.56 Å². The van der Waals surface area contributed by atoms with Crippen molar-refractivity contribution in [3.8, 4) is 6.07 Å². The average Bonchev–Trinajstić information content (AvgIpc) is 3.16. The average molecular weight is 332 g/mol. The Morgan fingerprint density at radius 2 is 2.08 bits per heavy atom. The quantitative estimate of drug-likeness (QED) is 0.792. The van der Waals surface area contributed by atoms with E-state index in [4.69, 9.17) is 0 Å². The van der Waals surface area contributed by atoms with Crippen LogP contribution in [0.5, 0.6) is 0 Å². The first-order chi connectivity index (χ1) is 12.3. The van der Waals surface area contributed by atoms with Crippen LogP contribution in [0.3, 0.4) is 0 Å². The van der Waals surface area contributed by atoms with Gasteiger partial charge in [-0.1, -0.05) is 18.9 Å². The molecular weight excluding hydrogens is 316 g/mol. The van der Waals surface area contributed by atoms with E-state index in [1.54, 1.807) is 23.0 Å². The highest BCUT2D eigenvalue weighted by molar-refractivity contribution is 5.77. The Hall–Kier alpha value is -3.27. The zero-order valence-corrected chi connectivity index (χ0v) is 13.5. The van der Waals surface area contributed by atoms with Crippen LogP contribution in [0.2, 0.25) is 0 Å². The van der Waals surface area contributed by atoms with Crippen molar-refractivity contribution in [3.63, 3.8) is 0 Å². The third kappa shape index (κ3) is 2.83. The Bertz CT molecular complexity index is 1020. The highest BCUT2D eigenvalue weighted by atomic mass is 16.1. The van der Waals surface area contributed by atoms with E-state index in [1.807, 2.05) is 24.3 Å². The monoisotopic (exact) mass is 332 g/mol. The number of hydrogen-bond acceptors (Lipinski definition) is 6. The van der Waals surface area contributed by atoms with Crippen LogP contribution in [-0.2, 0) is 0 Å². The summed E-state index contributed by atoms with van der Waals surface area (Å²) in [5.74, 6) is 1.01. The predicted molar refractivity (Wildman–Crippen MR) is 93.5 cm³/mol. The molecule has 7 nitrogen and oxygen atoms in total. The van der Waals surface area contributed by atoms with Crippen molar-refractivity contribution in [2.24, 2.45) is 0 Å². The molecule has 1 fully saturated rings. The Morgan fingerprint density at radius 3 is 2.80 bits per heavy atom. The fourth-order valence-electron chi connectivity index (χ4n) is 3.31. The third-order valence-corrected chi connectivity index (χ3v) is 4.49. The maximum Gasteiger partial charge on any atom is 0.270 e. The highest BCUT2D eigenvalue weighted by Crippen LogP contribution is 2.30. The lowest BCUT2D eigenvalue weighted by Crippen LogP contribution is -2.26. The summed E-state index contributed by atoms with van der Waals surface area (Å²) in [5, 5.41) is 13.0. The summed E-state index contributed by atoms with van der Waals surface area (Å²) in [6.07, 6.45) is 7.34. The van der Waals surface area contributed by atoms with Gasteiger partial charge < -0.3 is 5.32 Å². The number of pyridine rings is 2. The van der Waals surface area contributed by atoms with Gasteiger partial charge in [-0.25, -0.2) is 9.97 Å². The van der Waals surface area contributed by atoms with E-state index in [0.29, 0.717) is 22.8 Å². The van der Waals surface area contributed by atoms with Crippen molar-refractivity contribution in [2.45, 2.75) is 31.7 Å². The number of nitrogens with one attached hydrogen (secondary N) is 1. The molecule has 7 heteroatoms. The van der Waals surface area contributed by atoms with Crippen molar-refractivity contribution in [1.29, 1.82) is 5.26 Å². The van der Waals surface area contributed by atoms with Crippen molar-refractivity contribution in [2.75, 3.05) is 5.32 Å². The normalized spacial score (nSPS) is 14.5. The smallest absolute Gasteiger partial charge is 0.270 e. The first-order valence-electron chi connectivity index (χ1n) is 8.27. The van der Waals surface area contributed by atoms with Gasteiger partial charge in [-0.05, 0) is 31.0 Å². The van der Waals surface area contributed by atoms with Crippen molar-refractivity contribution in [3.05, 3.63) is 52.6 Å². The topological polar surface area (TPSA) is 96.5 Å². The number of hydrogen-bond donors (Lipinski definition) is 1. The molecule has 0 radical (unpaired) electrons. The fraction of sp³-hybridized carbons (Fsp3) is 0.278. The number of nitrogens with zero attached hydrogens (tertiary/aromatic N) is 5. The minimum Gasteiger partial charge on any atom is -0.309 e. The van der Waals surface area contributed by atoms with Gasteiger partial charge in [0.15, 0.2) is 0 Å². The van der Waals surface area contributed by atoms with E-state index in [-0.39, 0.29) is 17.2 Å². The van der Waals surface area contributed by atoms with E-state index in [2.05, 4.69) is 20.3 Å². The summed E-state index contributed by atoms with van der Waals surface area (Å²) >= 11 is 0. The zero-order chi connectivity index (χ0) is 17.2. The molecule has 4 rings (SSSR count). The molecule has 0 saturated heterocycles. The molecule has 1 aliphatic carbocycles. The molecule has 3 aromatic heterocycles. The van der Waals surface area contributed by atoms with Gasteiger partial charge >= 0.3 is 0 Å². The van der Waals surface area contributed by atoms with Gasteiger partial charge in [0.05, 0.1) is 0 Å². The standard InChI is InChI=1S/C18H16N6O/c19-10-12-9-13-11-21-18(22-15-7-3-4-8-20-15)23-16(13)24(17(12)25)14-5-1-2-6-14/h3-4,7-9,11,14H,1-2,5-6H2,(H,20,21,22,23). The summed E-state index contributed by atoms with van der Waals surface area (Å²) in [5.41, 5.74) is 0.419. The number of aromatic nitrogens is 4. The maximum atomic E-state index is 12.7.